The minimum Gasteiger partial charge on any atom is -0.488 e. The van der Waals surface area contributed by atoms with Gasteiger partial charge in [-0.15, -0.1) is 0 Å². The number of pyridine rings is 2. The minimum absolute atomic E-state index is 0.0420. The third kappa shape index (κ3) is 7.10. The third-order valence-electron chi connectivity index (χ3n) is 7.73. The average Bonchev–Trinajstić information content (AvgIpc) is 3.04. The van der Waals surface area contributed by atoms with Crippen molar-refractivity contribution in [3.8, 4) is 22.9 Å². The molecule has 5 heterocycles. The summed E-state index contributed by atoms with van der Waals surface area (Å²) in [5, 5.41) is 9.43. The lowest BCUT2D eigenvalue weighted by atomic mass is 10.1. The number of aromatic nitrogens is 4. The number of methoxy groups -OCH3 is 1. The highest BCUT2D eigenvalue weighted by atomic mass is 32.2. The van der Waals surface area contributed by atoms with Crippen molar-refractivity contribution in [3.05, 3.63) is 53.9 Å². The SMILES string of the molecule is COc1ncc(-c2nc(N3CCOCC3)nc3c(OC4CCN(c5ncc(C(=O)O)cc5F)CC4)cc(F)cc23)cc1NS(C)(=O)=O. The van der Waals surface area contributed by atoms with E-state index in [-0.39, 0.29) is 34.8 Å². The molecule has 3 aromatic heterocycles. The number of anilines is 3. The molecule has 0 spiro atoms. The molecule has 0 bridgehead atoms. The van der Waals surface area contributed by atoms with E-state index in [1.165, 1.54) is 31.5 Å². The van der Waals surface area contributed by atoms with Crippen LogP contribution in [0, 0.1) is 11.6 Å². The van der Waals surface area contributed by atoms with Crippen LogP contribution in [0.4, 0.5) is 26.2 Å². The van der Waals surface area contributed by atoms with Crippen LogP contribution in [0.2, 0.25) is 0 Å². The van der Waals surface area contributed by atoms with E-state index in [2.05, 4.69) is 14.7 Å². The fraction of sp³-hybridized carbons (Fsp3) is 0.367. The molecule has 2 aliphatic heterocycles. The van der Waals surface area contributed by atoms with Crippen molar-refractivity contribution in [1.29, 1.82) is 0 Å². The van der Waals surface area contributed by atoms with Crippen LogP contribution >= 0.6 is 0 Å². The minimum atomic E-state index is -3.69. The first-order valence-electron chi connectivity index (χ1n) is 14.7. The summed E-state index contributed by atoms with van der Waals surface area (Å²) >= 11 is 0. The van der Waals surface area contributed by atoms with Gasteiger partial charge in [0, 0.05) is 68.4 Å². The number of carbonyl (C=O) groups is 1. The third-order valence-corrected chi connectivity index (χ3v) is 8.32. The number of piperidine rings is 1. The number of sulfonamides is 1. The summed E-state index contributed by atoms with van der Waals surface area (Å²) in [7, 11) is -2.33. The second kappa shape index (κ2) is 13.1. The topological polar surface area (TPSA) is 169 Å². The highest BCUT2D eigenvalue weighted by Crippen LogP contribution is 2.37. The van der Waals surface area contributed by atoms with Crippen molar-refractivity contribution in [2.75, 3.05) is 67.3 Å². The molecule has 0 saturated carbocycles. The van der Waals surface area contributed by atoms with Gasteiger partial charge in [-0.1, -0.05) is 0 Å². The van der Waals surface area contributed by atoms with E-state index in [9.17, 15) is 17.6 Å². The van der Waals surface area contributed by atoms with E-state index in [0.29, 0.717) is 80.3 Å². The van der Waals surface area contributed by atoms with Crippen LogP contribution in [-0.2, 0) is 14.8 Å². The summed E-state index contributed by atoms with van der Waals surface area (Å²) in [6.45, 7) is 2.68. The van der Waals surface area contributed by atoms with Gasteiger partial charge in [0.2, 0.25) is 21.9 Å². The lowest BCUT2D eigenvalue weighted by Gasteiger charge is -2.33. The molecule has 4 aromatic rings. The number of morpholine rings is 1. The Morgan fingerprint density at radius 3 is 2.43 bits per heavy atom. The molecule has 0 aliphatic carbocycles. The fourth-order valence-corrected chi connectivity index (χ4v) is 6.08. The number of benzene rings is 1. The Morgan fingerprint density at radius 2 is 1.77 bits per heavy atom. The molecule has 14 nitrogen and oxygen atoms in total. The van der Waals surface area contributed by atoms with E-state index >= 15 is 4.39 Å². The van der Waals surface area contributed by atoms with Gasteiger partial charge in [-0.2, -0.15) is 0 Å². The van der Waals surface area contributed by atoms with Crippen LogP contribution in [0.25, 0.3) is 22.2 Å². The smallest absolute Gasteiger partial charge is 0.337 e. The average molecular weight is 672 g/mol. The van der Waals surface area contributed by atoms with Crippen LogP contribution in [0.3, 0.4) is 0 Å². The summed E-state index contributed by atoms with van der Waals surface area (Å²) < 4.78 is 73.6. The van der Waals surface area contributed by atoms with Gasteiger partial charge in [0.05, 0.1) is 37.8 Å². The Hall–Kier alpha value is -4.90. The number of halogens is 2. The maximum atomic E-state index is 15.3. The van der Waals surface area contributed by atoms with E-state index in [4.69, 9.17) is 29.3 Å². The monoisotopic (exact) mass is 671 g/mol. The molecule has 0 radical (unpaired) electrons. The lowest BCUT2D eigenvalue weighted by molar-refractivity contribution is 0.0695. The summed E-state index contributed by atoms with van der Waals surface area (Å²) in [6, 6.07) is 4.98. The number of carboxylic acids is 1. The quantitative estimate of drug-likeness (QED) is 0.266. The number of hydrogen-bond donors (Lipinski definition) is 2. The van der Waals surface area contributed by atoms with Gasteiger partial charge in [0.1, 0.15) is 28.9 Å². The lowest BCUT2D eigenvalue weighted by Crippen LogP contribution is -2.39. The number of ether oxygens (including phenoxy) is 3. The number of nitrogens with zero attached hydrogens (tertiary/aromatic N) is 6. The first kappa shape index (κ1) is 32.1. The number of carboxylic acid groups (broad SMARTS) is 1. The number of rotatable bonds is 9. The summed E-state index contributed by atoms with van der Waals surface area (Å²) in [5.74, 6) is -1.98. The Kier molecular flexibility index (Phi) is 8.92. The van der Waals surface area contributed by atoms with Gasteiger partial charge in [0.25, 0.3) is 0 Å². The maximum absolute atomic E-state index is 15.3. The Balaban J connectivity index is 1.35. The molecule has 0 amide bonds. The molecule has 2 aliphatic rings. The van der Waals surface area contributed by atoms with Gasteiger partial charge >= 0.3 is 5.97 Å². The highest BCUT2D eigenvalue weighted by molar-refractivity contribution is 7.92. The molecule has 6 rings (SSSR count). The Bertz CT molecular complexity index is 1940. The Morgan fingerprint density at radius 1 is 1.02 bits per heavy atom. The first-order valence-corrected chi connectivity index (χ1v) is 16.5. The molecule has 2 fully saturated rings. The number of fused-ring (bicyclic) bond motifs is 1. The maximum Gasteiger partial charge on any atom is 0.337 e. The molecule has 1 aromatic carbocycles. The number of hydrogen-bond acceptors (Lipinski definition) is 12. The van der Waals surface area contributed by atoms with E-state index < -0.39 is 27.6 Å². The van der Waals surface area contributed by atoms with Gasteiger partial charge in [-0.3, -0.25) is 4.72 Å². The fourth-order valence-electron chi connectivity index (χ4n) is 5.53. The van der Waals surface area contributed by atoms with Crippen molar-refractivity contribution in [2.45, 2.75) is 18.9 Å². The van der Waals surface area contributed by atoms with E-state index in [1.807, 2.05) is 4.90 Å². The number of aromatic carboxylic acids is 1. The molecule has 2 saturated heterocycles. The molecule has 47 heavy (non-hydrogen) atoms. The van der Waals surface area contributed by atoms with Crippen LogP contribution in [0.15, 0.2) is 36.7 Å². The van der Waals surface area contributed by atoms with E-state index in [1.54, 1.807) is 4.90 Å². The predicted octanol–water partition coefficient (Wildman–Crippen LogP) is 3.33. The Labute approximate surface area is 268 Å². The predicted molar refractivity (Wildman–Crippen MR) is 168 cm³/mol. The zero-order valence-electron chi connectivity index (χ0n) is 25.4. The zero-order valence-corrected chi connectivity index (χ0v) is 26.3. The van der Waals surface area contributed by atoms with Crippen LogP contribution in [0.5, 0.6) is 11.6 Å². The zero-order chi connectivity index (χ0) is 33.3. The van der Waals surface area contributed by atoms with Crippen LogP contribution in [0.1, 0.15) is 23.2 Å². The highest BCUT2D eigenvalue weighted by Gasteiger charge is 2.27. The van der Waals surface area contributed by atoms with Crippen LogP contribution in [-0.4, -0.2) is 98.3 Å². The van der Waals surface area contributed by atoms with Gasteiger partial charge in [0.15, 0.2) is 11.6 Å². The molecule has 2 N–H and O–H groups in total. The molecular weight excluding hydrogens is 640 g/mol. The van der Waals surface area contributed by atoms with Crippen molar-refractivity contribution in [1.82, 2.24) is 19.9 Å². The standard InChI is InChI=1S/C30H31F2N7O7S/c1-44-28-23(37-47(2,42)43)12-17(15-34-28)25-21-13-19(31)14-24(26(21)36-30(35-25)39-7-9-45-10-8-39)46-20-3-5-38(6-4-20)27-22(32)11-18(16-33-27)29(40)41/h11-16,20,37H,3-10H2,1-2H3,(H,40,41). The van der Waals surface area contributed by atoms with Gasteiger partial charge in [-0.05, 0) is 18.2 Å². The molecule has 0 unspecified atom stereocenters. The summed E-state index contributed by atoms with van der Waals surface area (Å²) in [4.78, 5) is 32.7. The van der Waals surface area contributed by atoms with Crippen molar-refractivity contribution < 1.29 is 41.3 Å². The van der Waals surface area contributed by atoms with Crippen molar-refractivity contribution in [2.24, 2.45) is 0 Å². The molecule has 248 valence electrons. The normalized spacial score (nSPS) is 15.9. The van der Waals surface area contributed by atoms with Gasteiger partial charge in [-0.25, -0.2) is 41.9 Å². The second-order valence-corrected chi connectivity index (χ2v) is 12.8. The van der Waals surface area contributed by atoms with Crippen LogP contribution < -0.4 is 24.0 Å². The second-order valence-electron chi connectivity index (χ2n) is 11.1. The van der Waals surface area contributed by atoms with Crippen molar-refractivity contribution >= 4 is 44.3 Å². The summed E-state index contributed by atoms with van der Waals surface area (Å²) in [6.07, 6.45) is 4.07. The molecular formula is C30H31F2N7O7S. The van der Waals surface area contributed by atoms with Gasteiger partial charge < -0.3 is 29.1 Å². The largest absolute Gasteiger partial charge is 0.488 e. The molecule has 17 heteroatoms. The molecule has 0 atom stereocenters. The number of nitrogens with one attached hydrogen (secondary N) is 1. The summed E-state index contributed by atoms with van der Waals surface area (Å²) in [5.41, 5.74) is 0.857. The first-order chi connectivity index (χ1) is 22.5. The van der Waals surface area contributed by atoms with Crippen molar-refractivity contribution in [3.63, 3.8) is 0 Å². The van der Waals surface area contributed by atoms with E-state index in [0.717, 1.165) is 18.5 Å².